The van der Waals surface area contributed by atoms with Crippen LogP contribution in [0.1, 0.15) is 38.3 Å². The SMILES string of the molecule is CCOc1cc(CNC(C)CC)c(Br)cc1OCc1ccccc1. The first-order chi connectivity index (χ1) is 11.6. The van der Waals surface area contributed by atoms with Crippen LogP contribution in [0.25, 0.3) is 0 Å². The van der Waals surface area contributed by atoms with Crippen molar-refractivity contribution in [1.82, 2.24) is 5.32 Å². The minimum atomic E-state index is 0.487. The molecule has 4 heteroatoms. The van der Waals surface area contributed by atoms with Gasteiger partial charge in [-0.05, 0) is 43.5 Å². The molecule has 0 heterocycles. The van der Waals surface area contributed by atoms with Crippen molar-refractivity contribution >= 4 is 15.9 Å². The quantitative estimate of drug-likeness (QED) is 0.627. The number of hydrogen-bond donors (Lipinski definition) is 1. The summed E-state index contributed by atoms with van der Waals surface area (Å²) >= 11 is 3.66. The van der Waals surface area contributed by atoms with Crippen LogP contribution in [0.5, 0.6) is 11.5 Å². The predicted molar refractivity (Wildman–Crippen MR) is 103 cm³/mol. The van der Waals surface area contributed by atoms with Crippen molar-refractivity contribution in [3.8, 4) is 11.5 Å². The molecule has 130 valence electrons. The van der Waals surface area contributed by atoms with Gasteiger partial charge in [0.15, 0.2) is 11.5 Å². The van der Waals surface area contributed by atoms with Gasteiger partial charge in [-0.1, -0.05) is 53.2 Å². The molecule has 0 aromatic heterocycles. The molecule has 24 heavy (non-hydrogen) atoms. The van der Waals surface area contributed by atoms with Crippen molar-refractivity contribution in [1.29, 1.82) is 0 Å². The summed E-state index contributed by atoms with van der Waals surface area (Å²) in [6, 6.07) is 14.7. The Morgan fingerprint density at radius 2 is 1.75 bits per heavy atom. The first kappa shape index (κ1) is 18.8. The molecule has 0 fully saturated rings. The maximum atomic E-state index is 5.98. The number of nitrogens with one attached hydrogen (secondary N) is 1. The number of hydrogen-bond acceptors (Lipinski definition) is 3. The van der Waals surface area contributed by atoms with E-state index in [1.54, 1.807) is 0 Å². The molecule has 2 aromatic rings. The standard InChI is InChI=1S/C20H26BrNO2/c1-4-15(3)22-13-17-11-19(23-5-2)20(12-18(17)21)24-14-16-9-7-6-8-10-16/h6-12,15,22H,4-5,13-14H2,1-3H3. The molecule has 3 nitrogen and oxygen atoms in total. The molecule has 0 saturated carbocycles. The van der Waals surface area contributed by atoms with E-state index in [4.69, 9.17) is 9.47 Å². The highest BCUT2D eigenvalue weighted by Gasteiger charge is 2.12. The first-order valence-electron chi connectivity index (χ1n) is 8.49. The van der Waals surface area contributed by atoms with E-state index >= 15 is 0 Å². The summed E-state index contributed by atoms with van der Waals surface area (Å²) in [5.74, 6) is 1.55. The lowest BCUT2D eigenvalue weighted by Gasteiger charge is -2.17. The summed E-state index contributed by atoms with van der Waals surface area (Å²) in [5, 5.41) is 3.51. The lowest BCUT2D eigenvalue weighted by molar-refractivity contribution is 0.269. The van der Waals surface area contributed by atoms with E-state index in [0.717, 1.165) is 34.5 Å². The minimum absolute atomic E-state index is 0.487. The van der Waals surface area contributed by atoms with Crippen LogP contribution < -0.4 is 14.8 Å². The Balaban J connectivity index is 2.13. The van der Waals surface area contributed by atoms with Gasteiger partial charge in [0, 0.05) is 17.1 Å². The van der Waals surface area contributed by atoms with Crippen LogP contribution in [0, 0.1) is 0 Å². The molecule has 0 saturated heterocycles. The largest absolute Gasteiger partial charge is 0.490 e. The topological polar surface area (TPSA) is 30.5 Å². The van der Waals surface area contributed by atoms with Crippen molar-refractivity contribution in [2.75, 3.05) is 6.61 Å². The normalized spacial score (nSPS) is 12.0. The average molecular weight is 392 g/mol. The zero-order chi connectivity index (χ0) is 17.4. The Morgan fingerprint density at radius 3 is 2.42 bits per heavy atom. The van der Waals surface area contributed by atoms with Crippen molar-refractivity contribution in [2.45, 2.75) is 46.4 Å². The maximum Gasteiger partial charge on any atom is 0.162 e. The van der Waals surface area contributed by atoms with E-state index in [1.165, 1.54) is 5.56 Å². The molecule has 2 aromatic carbocycles. The summed E-state index contributed by atoms with van der Waals surface area (Å²) in [7, 11) is 0. The second kappa shape index (κ2) is 9.70. The highest BCUT2D eigenvalue weighted by Crippen LogP contribution is 2.34. The van der Waals surface area contributed by atoms with Crippen molar-refractivity contribution in [2.24, 2.45) is 0 Å². The molecule has 1 N–H and O–H groups in total. The van der Waals surface area contributed by atoms with Gasteiger partial charge >= 0.3 is 0 Å². The van der Waals surface area contributed by atoms with E-state index in [9.17, 15) is 0 Å². The van der Waals surface area contributed by atoms with E-state index in [2.05, 4.69) is 53.3 Å². The fraction of sp³-hybridized carbons (Fsp3) is 0.400. The van der Waals surface area contributed by atoms with Gasteiger partial charge in [-0.15, -0.1) is 0 Å². The molecule has 0 amide bonds. The van der Waals surface area contributed by atoms with Crippen molar-refractivity contribution in [3.05, 3.63) is 58.1 Å². The molecule has 0 aliphatic heterocycles. The zero-order valence-electron chi connectivity index (χ0n) is 14.6. The Kier molecular flexibility index (Phi) is 7.60. The molecule has 0 radical (unpaired) electrons. The van der Waals surface area contributed by atoms with E-state index in [-0.39, 0.29) is 0 Å². The molecule has 0 aliphatic rings. The van der Waals surface area contributed by atoms with Gasteiger partial charge in [-0.2, -0.15) is 0 Å². The molecule has 0 bridgehead atoms. The monoisotopic (exact) mass is 391 g/mol. The van der Waals surface area contributed by atoms with Crippen LogP contribution in [0.2, 0.25) is 0 Å². The number of benzene rings is 2. The molecular weight excluding hydrogens is 366 g/mol. The third kappa shape index (κ3) is 5.53. The minimum Gasteiger partial charge on any atom is -0.490 e. The average Bonchev–Trinajstić information content (AvgIpc) is 2.61. The Bertz CT molecular complexity index is 631. The Hall–Kier alpha value is -1.52. The lowest BCUT2D eigenvalue weighted by Crippen LogP contribution is -2.24. The summed E-state index contributed by atoms with van der Waals surface area (Å²) in [6.45, 7) is 8.29. The van der Waals surface area contributed by atoms with Crippen LogP contribution in [0.4, 0.5) is 0 Å². The summed E-state index contributed by atoms with van der Waals surface area (Å²) in [6.07, 6.45) is 1.11. The summed E-state index contributed by atoms with van der Waals surface area (Å²) in [5.41, 5.74) is 2.31. The van der Waals surface area contributed by atoms with Crippen molar-refractivity contribution < 1.29 is 9.47 Å². The summed E-state index contributed by atoms with van der Waals surface area (Å²) in [4.78, 5) is 0. The molecule has 2 rings (SSSR count). The van der Waals surface area contributed by atoms with Crippen LogP contribution >= 0.6 is 15.9 Å². The molecule has 1 atom stereocenters. The highest BCUT2D eigenvalue weighted by atomic mass is 79.9. The van der Waals surface area contributed by atoms with Crippen LogP contribution in [0.15, 0.2) is 46.9 Å². The van der Waals surface area contributed by atoms with Gasteiger partial charge < -0.3 is 14.8 Å². The third-order valence-electron chi connectivity index (χ3n) is 3.90. The number of ether oxygens (including phenoxy) is 2. The van der Waals surface area contributed by atoms with Crippen molar-refractivity contribution in [3.63, 3.8) is 0 Å². The van der Waals surface area contributed by atoms with Gasteiger partial charge in [-0.3, -0.25) is 0 Å². The first-order valence-corrected chi connectivity index (χ1v) is 9.28. The highest BCUT2D eigenvalue weighted by molar-refractivity contribution is 9.10. The second-order valence-corrected chi connectivity index (χ2v) is 6.64. The summed E-state index contributed by atoms with van der Waals surface area (Å²) < 4.78 is 12.8. The second-order valence-electron chi connectivity index (χ2n) is 5.79. The van der Waals surface area contributed by atoms with Gasteiger partial charge in [0.05, 0.1) is 6.61 Å². The van der Waals surface area contributed by atoms with E-state index in [1.807, 2.05) is 31.2 Å². The fourth-order valence-corrected chi connectivity index (χ4v) is 2.72. The molecule has 0 aliphatic carbocycles. The predicted octanol–water partition coefficient (Wildman–Crippen LogP) is 5.31. The van der Waals surface area contributed by atoms with Crippen LogP contribution in [0.3, 0.4) is 0 Å². The molecular formula is C20H26BrNO2. The van der Waals surface area contributed by atoms with Gasteiger partial charge in [0.25, 0.3) is 0 Å². The Morgan fingerprint density at radius 1 is 1.04 bits per heavy atom. The van der Waals surface area contributed by atoms with Crippen LogP contribution in [-0.2, 0) is 13.2 Å². The van der Waals surface area contributed by atoms with Gasteiger partial charge in [-0.25, -0.2) is 0 Å². The zero-order valence-corrected chi connectivity index (χ0v) is 16.2. The number of rotatable bonds is 9. The van der Waals surface area contributed by atoms with E-state index in [0.29, 0.717) is 19.3 Å². The van der Waals surface area contributed by atoms with Gasteiger partial charge in [0.1, 0.15) is 6.61 Å². The lowest BCUT2D eigenvalue weighted by atomic mass is 10.1. The van der Waals surface area contributed by atoms with Gasteiger partial charge in [0.2, 0.25) is 0 Å². The Labute approximate surface area is 153 Å². The van der Waals surface area contributed by atoms with Crippen LogP contribution in [-0.4, -0.2) is 12.6 Å². The molecule has 1 unspecified atom stereocenters. The third-order valence-corrected chi connectivity index (χ3v) is 4.64. The maximum absolute atomic E-state index is 5.98. The number of halogens is 1. The molecule has 0 spiro atoms. The smallest absolute Gasteiger partial charge is 0.162 e. The van der Waals surface area contributed by atoms with E-state index < -0.39 is 0 Å². The fourth-order valence-electron chi connectivity index (χ4n) is 2.26.